The number of anilines is 2. The smallest absolute Gasteiger partial charge is 0.0547 e. The quantitative estimate of drug-likeness (QED) is 0.832. The summed E-state index contributed by atoms with van der Waals surface area (Å²) in [6.07, 6.45) is 9.33. The van der Waals surface area contributed by atoms with E-state index in [1.54, 1.807) is 0 Å². The van der Waals surface area contributed by atoms with Gasteiger partial charge in [0.2, 0.25) is 0 Å². The normalized spacial score (nSPS) is 23.7. The molecular formula is C15H25N3. The van der Waals surface area contributed by atoms with E-state index < -0.39 is 0 Å². The van der Waals surface area contributed by atoms with Crippen LogP contribution < -0.4 is 10.6 Å². The van der Waals surface area contributed by atoms with Crippen molar-refractivity contribution in [3.05, 3.63) is 18.5 Å². The average Bonchev–Trinajstić information content (AvgIpc) is 2.37. The Bertz CT molecular complexity index is 365. The van der Waals surface area contributed by atoms with Crippen molar-refractivity contribution in [2.24, 2.45) is 11.8 Å². The SMILES string of the molecule is CCNc1cncc(NCC2CCCC(C)C2)c1. The number of aromatic nitrogens is 1. The molecular weight excluding hydrogens is 222 g/mol. The van der Waals surface area contributed by atoms with Gasteiger partial charge in [0.15, 0.2) is 0 Å². The fourth-order valence-electron chi connectivity index (χ4n) is 2.84. The Hall–Kier alpha value is -1.25. The van der Waals surface area contributed by atoms with Crippen molar-refractivity contribution in [2.75, 3.05) is 23.7 Å². The molecule has 100 valence electrons. The van der Waals surface area contributed by atoms with E-state index in [2.05, 4.69) is 35.5 Å². The highest BCUT2D eigenvalue weighted by molar-refractivity contribution is 5.53. The standard InChI is InChI=1S/C15H25N3/c1-3-17-14-8-15(11-16-10-14)18-9-13-6-4-5-12(2)7-13/h8,10-13,17-18H,3-7,9H2,1-2H3. The number of hydrogen-bond acceptors (Lipinski definition) is 3. The molecule has 1 aromatic rings. The zero-order valence-electron chi connectivity index (χ0n) is 11.6. The van der Waals surface area contributed by atoms with Gasteiger partial charge in [-0.25, -0.2) is 0 Å². The lowest BCUT2D eigenvalue weighted by molar-refractivity contribution is 0.293. The van der Waals surface area contributed by atoms with Gasteiger partial charge in [-0.05, 0) is 37.7 Å². The third kappa shape index (κ3) is 3.90. The molecule has 3 nitrogen and oxygen atoms in total. The number of nitrogens with one attached hydrogen (secondary N) is 2. The predicted molar refractivity (Wildman–Crippen MR) is 78.0 cm³/mol. The second-order valence-corrected chi connectivity index (χ2v) is 5.51. The molecule has 1 heterocycles. The van der Waals surface area contributed by atoms with E-state index in [0.717, 1.165) is 36.3 Å². The van der Waals surface area contributed by atoms with E-state index in [-0.39, 0.29) is 0 Å². The Kier molecular flexibility index (Phi) is 4.85. The van der Waals surface area contributed by atoms with E-state index in [4.69, 9.17) is 0 Å². The van der Waals surface area contributed by atoms with Crippen LogP contribution in [-0.2, 0) is 0 Å². The molecule has 3 heteroatoms. The highest BCUT2D eigenvalue weighted by atomic mass is 14.9. The summed E-state index contributed by atoms with van der Waals surface area (Å²) in [5.74, 6) is 1.73. The molecule has 0 bridgehead atoms. The molecule has 1 aromatic heterocycles. The minimum atomic E-state index is 0.830. The van der Waals surface area contributed by atoms with Gasteiger partial charge < -0.3 is 10.6 Å². The third-order valence-corrected chi connectivity index (χ3v) is 3.76. The van der Waals surface area contributed by atoms with Crippen LogP contribution in [0.3, 0.4) is 0 Å². The maximum atomic E-state index is 4.26. The van der Waals surface area contributed by atoms with Crippen LogP contribution in [0.4, 0.5) is 11.4 Å². The third-order valence-electron chi connectivity index (χ3n) is 3.76. The molecule has 1 aliphatic rings. The lowest BCUT2D eigenvalue weighted by Gasteiger charge is -2.27. The van der Waals surface area contributed by atoms with Gasteiger partial charge in [0.25, 0.3) is 0 Å². The predicted octanol–water partition coefficient (Wildman–Crippen LogP) is 3.75. The zero-order chi connectivity index (χ0) is 12.8. The average molecular weight is 247 g/mol. The highest BCUT2D eigenvalue weighted by Crippen LogP contribution is 2.28. The maximum absolute atomic E-state index is 4.26. The summed E-state index contributed by atoms with van der Waals surface area (Å²) in [5, 5.41) is 6.82. The van der Waals surface area contributed by atoms with Gasteiger partial charge in [0.05, 0.1) is 23.8 Å². The topological polar surface area (TPSA) is 37.0 Å². The lowest BCUT2D eigenvalue weighted by atomic mass is 9.82. The summed E-state index contributed by atoms with van der Waals surface area (Å²) in [6.45, 7) is 6.50. The van der Waals surface area contributed by atoms with Crippen molar-refractivity contribution < 1.29 is 0 Å². The van der Waals surface area contributed by atoms with E-state index in [0.29, 0.717) is 0 Å². The minimum Gasteiger partial charge on any atom is -0.384 e. The van der Waals surface area contributed by atoms with Crippen molar-refractivity contribution >= 4 is 11.4 Å². The first kappa shape index (κ1) is 13.2. The van der Waals surface area contributed by atoms with E-state index in [1.807, 2.05) is 12.4 Å². The van der Waals surface area contributed by atoms with Crippen LogP contribution in [0, 0.1) is 11.8 Å². The molecule has 2 N–H and O–H groups in total. The number of rotatable bonds is 5. The summed E-state index contributed by atoms with van der Waals surface area (Å²) in [7, 11) is 0. The summed E-state index contributed by atoms with van der Waals surface area (Å²) in [6, 6.07) is 2.14. The van der Waals surface area contributed by atoms with E-state index >= 15 is 0 Å². The molecule has 0 amide bonds. The summed E-state index contributed by atoms with van der Waals surface area (Å²) in [5.41, 5.74) is 2.23. The van der Waals surface area contributed by atoms with Crippen molar-refractivity contribution in [1.82, 2.24) is 4.98 Å². The maximum Gasteiger partial charge on any atom is 0.0547 e. The van der Waals surface area contributed by atoms with Gasteiger partial charge >= 0.3 is 0 Å². The molecule has 2 unspecified atom stereocenters. The van der Waals surface area contributed by atoms with Gasteiger partial charge in [-0.2, -0.15) is 0 Å². The molecule has 1 saturated carbocycles. The van der Waals surface area contributed by atoms with Crippen LogP contribution in [-0.4, -0.2) is 18.1 Å². The van der Waals surface area contributed by atoms with Crippen LogP contribution in [0.1, 0.15) is 39.5 Å². The molecule has 0 saturated heterocycles. The molecule has 1 fully saturated rings. The Morgan fingerprint density at radius 1 is 1.22 bits per heavy atom. The monoisotopic (exact) mass is 247 g/mol. The van der Waals surface area contributed by atoms with Gasteiger partial charge in [0.1, 0.15) is 0 Å². The first-order valence-electron chi connectivity index (χ1n) is 7.20. The fraction of sp³-hybridized carbons (Fsp3) is 0.667. The summed E-state index contributed by atoms with van der Waals surface area (Å²) in [4.78, 5) is 4.26. The van der Waals surface area contributed by atoms with Gasteiger partial charge in [0, 0.05) is 13.1 Å². The molecule has 2 atom stereocenters. The van der Waals surface area contributed by atoms with Crippen molar-refractivity contribution in [3.8, 4) is 0 Å². The van der Waals surface area contributed by atoms with Crippen LogP contribution in [0.25, 0.3) is 0 Å². The molecule has 0 spiro atoms. The molecule has 1 aliphatic carbocycles. The second-order valence-electron chi connectivity index (χ2n) is 5.51. The van der Waals surface area contributed by atoms with Crippen molar-refractivity contribution in [2.45, 2.75) is 39.5 Å². The van der Waals surface area contributed by atoms with Gasteiger partial charge in [-0.1, -0.05) is 19.8 Å². The Labute approximate surface area is 110 Å². The van der Waals surface area contributed by atoms with Crippen molar-refractivity contribution in [1.29, 1.82) is 0 Å². The number of nitrogens with zero attached hydrogens (tertiary/aromatic N) is 1. The molecule has 18 heavy (non-hydrogen) atoms. The van der Waals surface area contributed by atoms with Crippen LogP contribution in [0.5, 0.6) is 0 Å². The van der Waals surface area contributed by atoms with Crippen LogP contribution in [0.2, 0.25) is 0 Å². The highest BCUT2D eigenvalue weighted by Gasteiger charge is 2.18. The van der Waals surface area contributed by atoms with Crippen LogP contribution in [0.15, 0.2) is 18.5 Å². The van der Waals surface area contributed by atoms with E-state index in [9.17, 15) is 0 Å². The first-order valence-corrected chi connectivity index (χ1v) is 7.20. The van der Waals surface area contributed by atoms with Crippen molar-refractivity contribution in [3.63, 3.8) is 0 Å². The molecule has 2 rings (SSSR count). The van der Waals surface area contributed by atoms with Gasteiger partial charge in [-0.15, -0.1) is 0 Å². The fourth-order valence-corrected chi connectivity index (χ4v) is 2.84. The Balaban J connectivity index is 1.83. The Morgan fingerprint density at radius 2 is 2.00 bits per heavy atom. The second kappa shape index (κ2) is 6.62. The summed E-state index contributed by atoms with van der Waals surface area (Å²) < 4.78 is 0. The lowest BCUT2D eigenvalue weighted by Crippen LogP contribution is -2.21. The molecule has 0 radical (unpaired) electrons. The minimum absolute atomic E-state index is 0.830. The zero-order valence-corrected chi connectivity index (χ0v) is 11.6. The number of pyridine rings is 1. The Morgan fingerprint density at radius 3 is 2.72 bits per heavy atom. The summed E-state index contributed by atoms with van der Waals surface area (Å²) >= 11 is 0. The van der Waals surface area contributed by atoms with Crippen LogP contribution >= 0.6 is 0 Å². The first-order chi connectivity index (χ1) is 8.78. The largest absolute Gasteiger partial charge is 0.384 e. The molecule has 0 aliphatic heterocycles. The number of hydrogen-bond donors (Lipinski definition) is 2. The molecule has 0 aromatic carbocycles. The van der Waals surface area contributed by atoms with E-state index in [1.165, 1.54) is 25.7 Å². The van der Waals surface area contributed by atoms with Gasteiger partial charge in [-0.3, -0.25) is 4.98 Å².